The standard InChI is InChI=1S/C16H17N3O2/c1-20-13-5-4-12(16(8-13)21-2)10-19-15-6-3-11(9-17)7-14(15)18/h3-8,19H,10,18H2,1-2H3. The topological polar surface area (TPSA) is 80.3 Å². The largest absolute Gasteiger partial charge is 0.497 e. The van der Waals surface area contributed by atoms with Crippen LogP contribution in [-0.2, 0) is 6.54 Å². The van der Waals surface area contributed by atoms with Gasteiger partial charge in [0.2, 0.25) is 0 Å². The highest BCUT2D eigenvalue weighted by molar-refractivity contribution is 5.68. The first-order valence-electron chi connectivity index (χ1n) is 6.42. The molecule has 0 atom stereocenters. The molecule has 0 spiro atoms. The van der Waals surface area contributed by atoms with Gasteiger partial charge in [0, 0.05) is 18.2 Å². The van der Waals surface area contributed by atoms with Crippen LogP contribution in [0.1, 0.15) is 11.1 Å². The van der Waals surface area contributed by atoms with Crippen LogP contribution in [0.4, 0.5) is 11.4 Å². The number of ether oxygens (including phenoxy) is 2. The Morgan fingerprint density at radius 1 is 1.14 bits per heavy atom. The SMILES string of the molecule is COc1ccc(CNc2ccc(C#N)cc2N)c(OC)c1. The Hall–Kier alpha value is -2.87. The first kappa shape index (κ1) is 14.5. The van der Waals surface area contributed by atoms with Crippen LogP contribution in [0, 0.1) is 11.3 Å². The summed E-state index contributed by atoms with van der Waals surface area (Å²) in [6, 6.07) is 12.9. The van der Waals surface area contributed by atoms with Crippen LogP contribution in [0.2, 0.25) is 0 Å². The molecule has 2 rings (SSSR count). The van der Waals surface area contributed by atoms with E-state index in [0.717, 1.165) is 22.7 Å². The molecule has 0 aromatic heterocycles. The molecular formula is C16H17N3O2. The Bertz CT molecular complexity index is 678. The Balaban J connectivity index is 2.15. The summed E-state index contributed by atoms with van der Waals surface area (Å²) >= 11 is 0. The average molecular weight is 283 g/mol. The first-order valence-corrected chi connectivity index (χ1v) is 6.42. The lowest BCUT2D eigenvalue weighted by atomic mass is 10.1. The van der Waals surface area contributed by atoms with Crippen LogP contribution in [0.5, 0.6) is 11.5 Å². The van der Waals surface area contributed by atoms with E-state index in [-0.39, 0.29) is 0 Å². The van der Waals surface area contributed by atoms with Crippen molar-refractivity contribution in [1.82, 2.24) is 0 Å². The van der Waals surface area contributed by atoms with Crippen LogP contribution in [0.3, 0.4) is 0 Å². The molecule has 21 heavy (non-hydrogen) atoms. The highest BCUT2D eigenvalue weighted by atomic mass is 16.5. The van der Waals surface area contributed by atoms with Crippen molar-refractivity contribution >= 4 is 11.4 Å². The molecule has 0 radical (unpaired) electrons. The minimum Gasteiger partial charge on any atom is -0.497 e. The molecule has 0 amide bonds. The number of nitrogens with two attached hydrogens (primary N) is 1. The summed E-state index contributed by atoms with van der Waals surface area (Å²) < 4.78 is 10.5. The van der Waals surface area contributed by atoms with Gasteiger partial charge in [0.15, 0.2) is 0 Å². The second-order valence-electron chi connectivity index (χ2n) is 4.45. The Labute approximate surface area is 123 Å². The smallest absolute Gasteiger partial charge is 0.127 e. The molecule has 0 unspecified atom stereocenters. The van der Waals surface area contributed by atoms with Gasteiger partial charge in [-0.2, -0.15) is 5.26 Å². The Morgan fingerprint density at radius 2 is 1.95 bits per heavy atom. The van der Waals surface area contributed by atoms with Crippen molar-refractivity contribution in [3.8, 4) is 17.6 Å². The van der Waals surface area contributed by atoms with E-state index < -0.39 is 0 Å². The fourth-order valence-corrected chi connectivity index (χ4v) is 1.98. The molecule has 0 heterocycles. The summed E-state index contributed by atoms with van der Waals surface area (Å²) in [6.45, 7) is 0.559. The molecule has 3 N–H and O–H groups in total. The van der Waals surface area contributed by atoms with Crippen molar-refractivity contribution in [3.05, 3.63) is 47.5 Å². The highest BCUT2D eigenvalue weighted by Crippen LogP contribution is 2.26. The molecule has 0 saturated carbocycles. The molecule has 0 aliphatic rings. The summed E-state index contributed by atoms with van der Waals surface area (Å²) in [6.07, 6.45) is 0. The summed E-state index contributed by atoms with van der Waals surface area (Å²) in [7, 11) is 3.23. The van der Waals surface area contributed by atoms with E-state index in [2.05, 4.69) is 11.4 Å². The summed E-state index contributed by atoms with van der Waals surface area (Å²) in [4.78, 5) is 0. The maximum absolute atomic E-state index is 8.82. The summed E-state index contributed by atoms with van der Waals surface area (Å²) in [5.41, 5.74) is 8.77. The highest BCUT2D eigenvalue weighted by Gasteiger charge is 2.06. The number of hydrogen-bond acceptors (Lipinski definition) is 5. The molecule has 0 bridgehead atoms. The third-order valence-corrected chi connectivity index (χ3v) is 3.14. The number of hydrogen-bond donors (Lipinski definition) is 2. The maximum Gasteiger partial charge on any atom is 0.127 e. The van der Waals surface area contributed by atoms with Gasteiger partial charge in [0.1, 0.15) is 11.5 Å². The summed E-state index contributed by atoms with van der Waals surface area (Å²) in [5, 5.41) is 12.1. The van der Waals surface area contributed by atoms with Crippen molar-refractivity contribution in [3.63, 3.8) is 0 Å². The number of rotatable bonds is 5. The number of methoxy groups -OCH3 is 2. The van der Waals surface area contributed by atoms with Gasteiger partial charge in [-0.05, 0) is 30.3 Å². The Morgan fingerprint density at radius 3 is 2.57 bits per heavy atom. The first-order chi connectivity index (χ1) is 10.2. The number of nitriles is 1. The van der Waals surface area contributed by atoms with Gasteiger partial charge >= 0.3 is 0 Å². The number of nitrogens with zero attached hydrogens (tertiary/aromatic N) is 1. The monoisotopic (exact) mass is 283 g/mol. The van der Waals surface area contributed by atoms with E-state index in [4.69, 9.17) is 20.5 Å². The van der Waals surface area contributed by atoms with Gasteiger partial charge in [-0.15, -0.1) is 0 Å². The molecule has 0 aliphatic heterocycles. The lowest BCUT2D eigenvalue weighted by Crippen LogP contribution is -2.04. The molecule has 5 nitrogen and oxygen atoms in total. The van der Waals surface area contributed by atoms with E-state index in [1.165, 1.54) is 0 Å². The zero-order valence-electron chi connectivity index (χ0n) is 12.0. The number of benzene rings is 2. The van der Waals surface area contributed by atoms with Crippen LogP contribution in [0.15, 0.2) is 36.4 Å². The molecular weight excluding hydrogens is 266 g/mol. The number of anilines is 2. The zero-order valence-corrected chi connectivity index (χ0v) is 12.0. The molecule has 5 heteroatoms. The van der Waals surface area contributed by atoms with Crippen molar-refractivity contribution in [2.45, 2.75) is 6.54 Å². The zero-order chi connectivity index (χ0) is 15.2. The number of nitrogens with one attached hydrogen (secondary N) is 1. The van der Waals surface area contributed by atoms with E-state index >= 15 is 0 Å². The van der Waals surface area contributed by atoms with Crippen molar-refractivity contribution in [1.29, 1.82) is 5.26 Å². The predicted molar refractivity (Wildman–Crippen MR) is 82.4 cm³/mol. The van der Waals surface area contributed by atoms with Crippen molar-refractivity contribution < 1.29 is 9.47 Å². The predicted octanol–water partition coefficient (Wildman–Crippen LogP) is 2.77. The van der Waals surface area contributed by atoms with Gasteiger partial charge in [-0.25, -0.2) is 0 Å². The lowest BCUT2D eigenvalue weighted by molar-refractivity contribution is 0.391. The quantitative estimate of drug-likeness (QED) is 0.825. The minimum atomic E-state index is 0.542. The van der Waals surface area contributed by atoms with Crippen LogP contribution in [-0.4, -0.2) is 14.2 Å². The molecule has 0 saturated heterocycles. The van der Waals surface area contributed by atoms with E-state index in [1.54, 1.807) is 32.4 Å². The van der Waals surface area contributed by atoms with Gasteiger partial charge in [-0.1, -0.05) is 0 Å². The maximum atomic E-state index is 8.82. The third-order valence-electron chi connectivity index (χ3n) is 3.14. The Kier molecular flexibility index (Phi) is 4.52. The van der Waals surface area contributed by atoms with Crippen molar-refractivity contribution in [2.75, 3.05) is 25.3 Å². The third kappa shape index (κ3) is 3.37. The number of nitrogen functional groups attached to an aromatic ring is 1. The molecule has 2 aromatic carbocycles. The van der Waals surface area contributed by atoms with Crippen molar-refractivity contribution in [2.24, 2.45) is 0 Å². The van der Waals surface area contributed by atoms with Crippen LogP contribution >= 0.6 is 0 Å². The molecule has 108 valence electrons. The summed E-state index contributed by atoms with van der Waals surface area (Å²) in [5.74, 6) is 1.49. The molecule has 2 aromatic rings. The molecule has 0 fully saturated rings. The molecule has 0 aliphatic carbocycles. The minimum absolute atomic E-state index is 0.542. The second-order valence-corrected chi connectivity index (χ2v) is 4.45. The van der Waals surface area contributed by atoms with Crippen LogP contribution < -0.4 is 20.5 Å². The fourth-order valence-electron chi connectivity index (χ4n) is 1.98. The fraction of sp³-hybridized carbons (Fsp3) is 0.188. The van der Waals surface area contributed by atoms with E-state index in [1.807, 2.05) is 18.2 Å². The van der Waals surface area contributed by atoms with Gasteiger partial charge in [0.05, 0.1) is 37.2 Å². The van der Waals surface area contributed by atoms with Gasteiger partial charge < -0.3 is 20.5 Å². The second kappa shape index (κ2) is 6.53. The van der Waals surface area contributed by atoms with Gasteiger partial charge in [-0.3, -0.25) is 0 Å². The average Bonchev–Trinajstić information content (AvgIpc) is 2.53. The van der Waals surface area contributed by atoms with Gasteiger partial charge in [0.25, 0.3) is 0 Å². The lowest BCUT2D eigenvalue weighted by Gasteiger charge is -2.13. The normalized spacial score (nSPS) is 9.76. The van der Waals surface area contributed by atoms with E-state index in [9.17, 15) is 0 Å². The van der Waals surface area contributed by atoms with Crippen LogP contribution in [0.25, 0.3) is 0 Å². The van der Waals surface area contributed by atoms with E-state index in [0.29, 0.717) is 17.8 Å².